The zero-order valence-corrected chi connectivity index (χ0v) is 14.4. The lowest BCUT2D eigenvalue weighted by Gasteiger charge is -2.39. The van der Waals surface area contributed by atoms with Gasteiger partial charge in [0, 0.05) is 12.6 Å². The van der Waals surface area contributed by atoms with Crippen molar-refractivity contribution in [3.8, 4) is 6.07 Å². The molecule has 0 bridgehead atoms. The first kappa shape index (κ1) is 18.9. The number of nitrogens with one attached hydrogen (secondary N) is 2. The molecule has 7 heteroatoms. The molecule has 0 amide bonds. The Bertz CT molecular complexity index is 653. The fraction of sp³-hybridized carbons (Fsp3) is 0.533. The molecule has 0 radical (unpaired) electrons. The Hall–Kier alpha value is -1.13. The van der Waals surface area contributed by atoms with Crippen LogP contribution in [0.15, 0.2) is 29.2 Å². The highest BCUT2D eigenvalue weighted by atomic mass is 35.5. The molecule has 0 aliphatic carbocycles. The monoisotopic (exact) mass is 343 g/mol. The third-order valence-corrected chi connectivity index (χ3v) is 5.50. The van der Waals surface area contributed by atoms with Gasteiger partial charge in [0.1, 0.15) is 0 Å². The minimum absolute atomic E-state index is 0. The van der Waals surface area contributed by atoms with Gasteiger partial charge in [-0.3, -0.25) is 0 Å². The second kappa shape index (κ2) is 7.42. The highest BCUT2D eigenvalue weighted by molar-refractivity contribution is 7.89. The largest absolute Gasteiger partial charge is 0.312 e. The second-order valence-electron chi connectivity index (χ2n) is 6.09. The maximum absolute atomic E-state index is 12.3. The average Bonchev–Trinajstić information content (AvgIpc) is 2.46. The standard InChI is InChI=1S/C15H21N3O2S.ClH/c1-15(2)7-4-8-17-14(15)11-18-21(19,20)13-6-3-5-12(9-13)10-16;/h3,5-6,9,14,17-18H,4,7-8,11H2,1-2H3;1H. The molecule has 1 aliphatic heterocycles. The van der Waals surface area contributed by atoms with Gasteiger partial charge in [-0.1, -0.05) is 19.9 Å². The summed E-state index contributed by atoms with van der Waals surface area (Å²) in [7, 11) is -3.58. The lowest BCUT2D eigenvalue weighted by atomic mass is 9.78. The van der Waals surface area contributed by atoms with Crippen LogP contribution in [0.25, 0.3) is 0 Å². The maximum atomic E-state index is 12.3. The van der Waals surface area contributed by atoms with Crippen LogP contribution in [0, 0.1) is 16.7 Å². The Morgan fingerprint density at radius 1 is 1.45 bits per heavy atom. The van der Waals surface area contributed by atoms with E-state index in [4.69, 9.17) is 5.26 Å². The summed E-state index contributed by atoms with van der Waals surface area (Å²) < 4.78 is 27.3. The molecular weight excluding hydrogens is 322 g/mol. The van der Waals surface area contributed by atoms with Crippen molar-refractivity contribution in [2.45, 2.75) is 37.6 Å². The van der Waals surface area contributed by atoms with Gasteiger partial charge in [0.15, 0.2) is 0 Å². The number of hydrogen-bond acceptors (Lipinski definition) is 4. The predicted octanol–water partition coefficient (Wildman–Crippen LogP) is 2.04. The number of benzene rings is 1. The fourth-order valence-corrected chi connectivity index (χ4v) is 3.72. The van der Waals surface area contributed by atoms with Crippen molar-refractivity contribution < 1.29 is 8.42 Å². The van der Waals surface area contributed by atoms with Crippen molar-refractivity contribution in [3.05, 3.63) is 29.8 Å². The molecule has 2 rings (SSSR count). The van der Waals surface area contributed by atoms with Gasteiger partial charge in [-0.15, -0.1) is 12.4 Å². The summed E-state index contributed by atoms with van der Waals surface area (Å²) in [6.07, 6.45) is 2.19. The Kier molecular flexibility index (Phi) is 6.38. The van der Waals surface area contributed by atoms with Crippen LogP contribution in [0.4, 0.5) is 0 Å². The number of nitriles is 1. The minimum Gasteiger partial charge on any atom is -0.312 e. The van der Waals surface area contributed by atoms with E-state index in [0.717, 1.165) is 19.4 Å². The van der Waals surface area contributed by atoms with Crippen LogP contribution >= 0.6 is 12.4 Å². The Morgan fingerprint density at radius 2 is 2.18 bits per heavy atom. The van der Waals surface area contributed by atoms with Crippen LogP contribution in [-0.2, 0) is 10.0 Å². The molecule has 5 nitrogen and oxygen atoms in total. The van der Waals surface area contributed by atoms with Gasteiger partial charge in [0.2, 0.25) is 10.0 Å². The molecule has 0 saturated carbocycles. The lowest BCUT2D eigenvalue weighted by molar-refractivity contribution is 0.181. The van der Waals surface area contributed by atoms with Gasteiger partial charge in [-0.2, -0.15) is 5.26 Å². The smallest absolute Gasteiger partial charge is 0.240 e. The summed E-state index contributed by atoms with van der Waals surface area (Å²) in [5.41, 5.74) is 0.406. The quantitative estimate of drug-likeness (QED) is 0.876. The summed E-state index contributed by atoms with van der Waals surface area (Å²) in [6, 6.07) is 8.13. The van der Waals surface area contributed by atoms with E-state index in [1.165, 1.54) is 12.1 Å². The van der Waals surface area contributed by atoms with E-state index in [9.17, 15) is 8.42 Å². The first-order valence-electron chi connectivity index (χ1n) is 7.08. The molecule has 1 aromatic carbocycles. The summed E-state index contributed by atoms with van der Waals surface area (Å²) in [5, 5.41) is 12.2. The van der Waals surface area contributed by atoms with Gasteiger partial charge in [-0.25, -0.2) is 13.1 Å². The Balaban J connectivity index is 0.00000242. The van der Waals surface area contributed by atoms with Crippen LogP contribution in [0.2, 0.25) is 0 Å². The maximum Gasteiger partial charge on any atom is 0.240 e. The average molecular weight is 344 g/mol. The predicted molar refractivity (Wildman–Crippen MR) is 88.4 cm³/mol. The van der Waals surface area contributed by atoms with Gasteiger partial charge < -0.3 is 5.32 Å². The highest BCUT2D eigenvalue weighted by Gasteiger charge is 2.32. The SMILES string of the molecule is CC1(C)CCCNC1CNS(=O)(=O)c1cccc(C#N)c1.Cl. The van der Waals surface area contributed by atoms with E-state index in [0.29, 0.717) is 12.1 Å². The topological polar surface area (TPSA) is 82.0 Å². The summed E-state index contributed by atoms with van der Waals surface area (Å²) in [4.78, 5) is 0.134. The van der Waals surface area contributed by atoms with E-state index in [1.807, 2.05) is 6.07 Å². The third kappa shape index (κ3) is 4.43. The van der Waals surface area contributed by atoms with Crippen molar-refractivity contribution in [3.63, 3.8) is 0 Å². The van der Waals surface area contributed by atoms with Crippen LogP contribution in [0.3, 0.4) is 0 Å². The van der Waals surface area contributed by atoms with Gasteiger partial charge in [0.25, 0.3) is 0 Å². The van der Waals surface area contributed by atoms with E-state index in [2.05, 4.69) is 23.9 Å². The van der Waals surface area contributed by atoms with Crippen LogP contribution in [-0.4, -0.2) is 27.5 Å². The summed E-state index contributed by atoms with van der Waals surface area (Å²) in [6.45, 7) is 5.56. The van der Waals surface area contributed by atoms with Crippen molar-refractivity contribution in [2.75, 3.05) is 13.1 Å². The van der Waals surface area contributed by atoms with Gasteiger partial charge in [-0.05, 0) is 43.0 Å². The molecule has 1 saturated heterocycles. The molecular formula is C15H22ClN3O2S. The van der Waals surface area contributed by atoms with Crippen LogP contribution in [0.5, 0.6) is 0 Å². The first-order chi connectivity index (χ1) is 9.85. The third-order valence-electron chi connectivity index (χ3n) is 4.08. The van der Waals surface area contributed by atoms with E-state index in [1.54, 1.807) is 12.1 Å². The molecule has 1 atom stereocenters. The Labute approximate surface area is 138 Å². The van der Waals surface area contributed by atoms with E-state index >= 15 is 0 Å². The molecule has 1 aromatic rings. The van der Waals surface area contributed by atoms with Crippen molar-refractivity contribution in [2.24, 2.45) is 5.41 Å². The Morgan fingerprint density at radius 3 is 2.82 bits per heavy atom. The minimum atomic E-state index is -3.58. The van der Waals surface area contributed by atoms with Gasteiger partial charge in [0.05, 0.1) is 16.5 Å². The normalized spacial score (nSPS) is 20.7. The molecule has 1 heterocycles. The molecule has 0 spiro atoms. The van der Waals surface area contributed by atoms with Crippen molar-refractivity contribution in [1.29, 1.82) is 5.26 Å². The molecule has 1 unspecified atom stereocenters. The molecule has 122 valence electrons. The lowest BCUT2D eigenvalue weighted by Crippen LogP contribution is -2.52. The second-order valence-corrected chi connectivity index (χ2v) is 7.86. The molecule has 0 aromatic heterocycles. The van der Waals surface area contributed by atoms with Crippen molar-refractivity contribution in [1.82, 2.24) is 10.0 Å². The fourth-order valence-electron chi connectivity index (χ4n) is 2.63. The first-order valence-corrected chi connectivity index (χ1v) is 8.57. The van der Waals surface area contributed by atoms with Crippen LogP contribution < -0.4 is 10.0 Å². The number of halogens is 1. The summed E-state index contributed by atoms with van der Waals surface area (Å²) >= 11 is 0. The number of piperidine rings is 1. The molecule has 22 heavy (non-hydrogen) atoms. The zero-order valence-electron chi connectivity index (χ0n) is 12.8. The number of rotatable bonds is 4. The van der Waals surface area contributed by atoms with Crippen LogP contribution in [0.1, 0.15) is 32.3 Å². The highest BCUT2D eigenvalue weighted by Crippen LogP contribution is 2.29. The van der Waals surface area contributed by atoms with Crippen molar-refractivity contribution >= 4 is 22.4 Å². The zero-order chi connectivity index (χ0) is 15.5. The molecule has 1 aliphatic rings. The number of nitrogens with zero attached hydrogens (tertiary/aromatic N) is 1. The molecule has 2 N–H and O–H groups in total. The summed E-state index contributed by atoms with van der Waals surface area (Å²) in [5.74, 6) is 0. The molecule has 1 fully saturated rings. The van der Waals surface area contributed by atoms with Gasteiger partial charge >= 0.3 is 0 Å². The number of sulfonamides is 1. The number of hydrogen-bond donors (Lipinski definition) is 2. The van der Waals surface area contributed by atoms with E-state index < -0.39 is 10.0 Å². The van der Waals surface area contributed by atoms with E-state index in [-0.39, 0.29) is 28.8 Å².